The van der Waals surface area contributed by atoms with Crippen molar-refractivity contribution in [2.24, 2.45) is 11.3 Å². The summed E-state index contributed by atoms with van der Waals surface area (Å²) in [5, 5.41) is 0. The summed E-state index contributed by atoms with van der Waals surface area (Å²) in [5.74, 6) is 1.08. The van der Waals surface area contributed by atoms with Crippen LogP contribution in [0.15, 0.2) is 0 Å². The fraction of sp³-hybridized carbons (Fsp3) is 1.00. The van der Waals surface area contributed by atoms with Crippen LogP contribution in [0.25, 0.3) is 0 Å². The molecule has 0 aliphatic heterocycles. The summed E-state index contributed by atoms with van der Waals surface area (Å²) in [4.78, 5) is 0. The molecule has 1 spiro atoms. The standard InChI is InChI=1S/C8H14/c1-7-3-6-8(7)4-2-5-8/h7H,2-6H2,1H3/t7-/m1/s1. The van der Waals surface area contributed by atoms with Crippen molar-refractivity contribution in [3.8, 4) is 0 Å². The Morgan fingerprint density at radius 2 is 2.00 bits per heavy atom. The second kappa shape index (κ2) is 1.29. The first kappa shape index (κ1) is 4.84. The van der Waals surface area contributed by atoms with Gasteiger partial charge in [-0.2, -0.15) is 0 Å². The molecule has 0 saturated heterocycles. The van der Waals surface area contributed by atoms with Gasteiger partial charge >= 0.3 is 0 Å². The Bertz CT molecular complexity index is 95.1. The average Bonchev–Trinajstić information content (AvgIpc) is 1.58. The fourth-order valence-electron chi connectivity index (χ4n) is 2.21. The van der Waals surface area contributed by atoms with E-state index in [4.69, 9.17) is 0 Å². The second-order valence-corrected chi connectivity index (χ2v) is 3.66. The molecule has 0 heterocycles. The van der Waals surface area contributed by atoms with Crippen molar-refractivity contribution >= 4 is 0 Å². The molecule has 0 N–H and O–H groups in total. The van der Waals surface area contributed by atoms with Crippen LogP contribution in [0.5, 0.6) is 0 Å². The number of rotatable bonds is 0. The van der Waals surface area contributed by atoms with Crippen LogP contribution in [0.3, 0.4) is 0 Å². The summed E-state index contributed by atoms with van der Waals surface area (Å²) in [5.41, 5.74) is 0.903. The molecule has 0 heteroatoms. The topological polar surface area (TPSA) is 0 Å². The SMILES string of the molecule is C[C@@H]1CCC12CCC2. The van der Waals surface area contributed by atoms with Gasteiger partial charge < -0.3 is 0 Å². The van der Waals surface area contributed by atoms with Crippen LogP contribution in [0.4, 0.5) is 0 Å². The molecule has 2 fully saturated rings. The van der Waals surface area contributed by atoms with Crippen LogP contribution in [0, 0.1) is 11.3 Å². The van der Waals surface area contributed by atoms with E-state index in [1.165, 1.54) is 12.8 Å². The number of hydrogen-bond donors (Lipinski definition) is 0. The minimum absolute atomic E-state index is 0.903. The molecule has 0 unspecified atom stereocenters. The van der Waals surface area contributed by atoms with E-state index in [1.807, 2.05) is 0 Å². The van der Waals surface area contributed by atoms with Gasteiger partial charge in [0, 0.05) is 0 Å². The molecule has 46 valence electrons. The minimum atomic E-state index is 0.903. The molecule has 8 heavy (non-hydrogen) atoms. The summed E-state index contributed by atoms with van der Waals surface area (Å²) >= 11 is 0. The summed E-state index contributed by atoms with van der Waals surface area (Å²) in [7, 11) is 0. The maximum atomic E-state index is 2.42. The zero-order valence-corrected chi connectivity index (χ0v) is 5.61. The van der Waals surface area contributed by atoms with E-state index in [-0.39, 0.29) is 0 Å². The van der Waals surface area contributed by atoms with Gasteiger partial charge in [0.1, 0.15) is 0 Å². The van der Waals surface area contributed by atoms with E-state index in [1.54, 1.807) is 19.3 Å². The molecule has 0 aromatic carbocycles. The van der Waals surface area contributed by atoms with Gasteiger partial charge in [0.25, 0.3) is 0 Å². The molecule has 1 atom stereocenters. The van der Waals surface area contributed by atoms with Gasteiger partial charge in [0.2, 0.25) is 0 Å². The Labute approximate surface area is 51.3 Å². The van der Waals surface area contributed by atoms with Crippen molar-refractivity contribution in [3.05, 3.63) is 0 Å². The molecular weight excluding hydrogens is 96.1 g/mol. The van der Waals surface area contributed by atoms with Gasteiger partial charge in [0.15, 0.2) is 0 Å². The molecule has 0 radical (unpaired) electrons. The molecule has 0 bridgehead atoms. The summed E-state index contributed by atoms with van der Waals surface area (Å²) in [6.07, 6.45) is 7.68. The first-order valence-electron chi connectivity index (χ1n) is 3.83. The Morgan fingerprint density at radius 1 is 1.25 bits per heavy atom. The fourth-order valence-corrected chi connectivity index (χ4v) is 2.21. The smallest absolute Gasteiger partial charge is 0.0272 e. The third-order valence-electron chi connectivity index (χ3n) is 3.47. The molecule has 0 aromatic rings. The van der Waals surface area contributed by atoms with Crippen LogP contribution in [-0.2, 0) is 0 Å². The van der Waals surface area contributed by atoms with E-state index in [0.29, 0.717) is 0 Å². The highest BCUT2D eigenvalue weighted by atomic mass is 14.5. The molecule has 2 saturated carbocycles. The third-order valence-corrected chi connectivity index (χ3v) is 3.47. The largest absolute Gasteiger partial charge is 0.0620 e. The summed E-state index contributed by atoms with van der Waals surface area (Å²) < 4.78 is 0. The number of hydrogen-bond acceptors (Lipinski definition) is 0. The lowest BCUT2D eigenvalue weighted by atomic mass is 9.50. The highest BCUT2D eigenvalue weighted by Gasteiger charge is 2.47. The Morgan fingerprint density at radius 3 is 2.00 bits per heavy atom. The van der Waals surface area contributed by atoms with Crippen molar-refractivity contribution in [3.63, 3.8) is 0 Å². The van der Waals surface area contributed by atoms with E-state index in [9.17, 15) is 0 Å². The van der Waals surface area contributed by atoms with E-state index >= 15 is 0 Å². The van der Waals surface area contributed by atoms with Crippen LogP contribution in [-0.4, -0.2) is 0 Å². The first-order chi connectivity index (χ1) is 3.83. The average molecular weight is 110 g/mol. The van der Waals surface area contributed by atoms with E-state index in [0.717, 1.165) is 11.3 Å². The van der Waals surface area contributed by atoms with E-state index < -0.39 is 0 Å². The lowest BCUT2D eigenvalue weighted by Crippen LogP contribution is -2.43. The van der Waals surface area contributed by atoms with Gasteiger partial charge in [0.05, 0.1) is 0 Å². The zero-order valence-electron chi connectivity index (χ0n) is 5.61. The van der Waals surface area contributed by atoms with Crippen LogP contribution in [0.1, 0.15) is 39.0 Å². The molecule has 0 amide bonds. The first-order valence-corrected chi connectivity index (χ1v) is 3.83. The molecular formula is C8H14. The highest BCUT2D eigenvalue weighted by molar-refractivity contribution is 4.98. The summed E-state index contributed by atoms with van der Waals surface area (Å²) in [6.45, 7) is 2.42. The molecule has 0 nitrogen and oxygen atoms in total. The normalized spacial score (nSPS) is 40.9. The summed E-state index contributed by atoms with van der Waals surface area (Å²) in [6, 6.07) is 0. The minimum Gasteiger partial charge on any atom is -0.0620 e. The monoisotopic (exact) mass is 110 g/mol. The third kappa shape index (κ3) is 0.375. The van der Waals surface area contributed by atoms with Gasteiger partial charge in [-0.3, -0.25) is 0 Å². The van der Waals surface area contributed by atoms with Crippen molar-refractivity contribution in [2.75, 3.05) is 0 Å². The molecule has 0 aromatic heterocycles. The Kier molecular flexibility index (Phi) is 0.778. The van der Waals surface area contributed by atoms with Gasteiger partial charge in [-0.05, 0) is 37.0 Å². The lowest BCUT2D eigenvalue weighted by Gasteiger charge is -2.55. The zero-order chi connectivity index (χ0) is 5.61. The van der Waals surface area contributed by atoms with Gasteiger partial charge in [-0.25, -0.2) is 0 Å². The van der Waals surface area contributed by atoms with Crippen LogP contribution < -0.4 is 0 Å². The van der Waals surface area contributed by atoms with Crippen molar-refractivity contribution in [1.29, 1.82) is 0 Å². The van der Waals surface area contributed by atoms with Crippen LogP contribution in [0.2, 0.25) is 0 Å². The predicted molar refractivity (Wildman–Crippen MR) is 34.7 cm³/mol. The maximum absolute atomic E-state index is 2.42. The van der Waals surface area contributed by atoms with Crippen molar-refractivity contribution in [1.82, 2.24) is 0 Å². The molecule has 2 aliphatic carbocycles. The van der Waals surface area contributed by atoms with Crippen LogP contribution >= 0.6 is 0 Å². The highest BCUT2D eigenvalue weighted by Crippen LogP contribution is 2.59. The predicted octanol–water partition coefficient (Wildman–Crippen LogP) is 2.59. The second-order valence-electron chi connectivity index (χ2n) is 3.66. The van der Waals surface area contributed by atoms with Crippen molar-refractivity contribution < 1.29 is 0 Å². The van der Waals surface area contributed by atoms with Gasteiger partial charge in [-0.15, -0.1) is 0 Å². The van der Waals surface area contributed by atoms with Crippen molar-refractivity contribution in [2.45, 2.75) is 39.0 Å². The quantitative estimate of drug-likeness (QED) is 0.449. The maximum Gasteiger partial charge on any atom is -0.0272 e. The van der Waals surface area contributed by atoms with Gasteiger partial charge in [-0.1, -0.05) is 13.3 Å². The molecule has 2 aliphatic rings. The molecule has 2 rings (SSSR count). The Hall–Kier alpha value is 0. The Balaban J connectivity index is 2.03. The lowest BCUT2D eigenvalue weighted by molar-refractivity contribution is -0.0377. The van der Waals surface area contributed by atoms with E-state index in [2.05, 4.69) is 6.92 Å².